The van der Waals surface area contributed by atoms with Gasteiger partial charge in [0.15, 0.2) is 5.96 Å². The molecule has 1 aromatic rings. The fourth-order valence-corrected chi connectivity index (χ4v) is 2.97. The second-order valence-electron chi connectivity index (χ2n) is 6.14. The van der Waals surface area contributed by atoms with E-state index in [-0.39, 0.29) is 24.0 Å². The van der Waals surface area contributed by atoms with E-state index in [0.717, 1.165) is 62.5 Å². The Bertz CT molecular complexity index is 538. The third kappa shape index (κ3) is 7.29. The molecule has 1 unspecified atom stereocenters. The van der Waals surface area contributed by atoms with Crippen molar-refractivity contribution >= 4 is 41.5 Å². The first-order chi connectivity index (χ1) is 11.6. The van der Waals surface area contributed by atoms with Crippen LogP contribution in [0, 0.1) is 0 Å². The molecule has 0 radical (unpaired) electrons. The Morgan fingerprint density at radius 3 is 2.68 bits per heavy atom. The zero-order valence-corrected chi connectivity index (χ0v) is 18.5. The molecule has 2 rings (SSSR count). The fraction of sp³-hybridized carbons (Fsp3) is 0.611. The van der Waals surface area contributed by atoms with E-state index in [4.69, 9.17) is 21.3 Å². The summed E-state index contributed by atoms with van der Waals surface area (Å²) in [6.07, 6.45) is 0. The molecule has 0 bridgehead atoms. The molecule has 0 spiro atoms. The predicted molar refractivity (Wildman–Crippen MR) is 116 cm³/mol. The smallest absolute Gasteiger partial charge is 0.194 e. The Morgan fingerprint density at radius 1 is 1.36 bits per heavy atom. The van der Waals surface area contributed by atoms with Crippen LogP contribution in [0.25, 0.3) is 0 Å². The van der Waals surface area contributed by atoms with Crippen molar-refractivity contribution in [3.63, 3.8) is 0 Å². The minimum absolute atomic E-state index is 0. The lowest BCUT2D eigenvalue weighted by Gasteiger charge is -2.32. The van der Waals surface area contributed by atoms with Crippen LogP contribution in [0.1, 0.15) is 19.4 Å². The Morgan fingerprint density at radius 2 is 2.04 bits per heavy atom. The molecular weight excluding hydrogens is 451 g/mol. The van der Waals surface area contributed by atoms with Crippen molar-refractivity contribution in [1.82, 2.24) is 15.1 Å². The van der Waals surface area contributed by atoms with Gasteiger partial charge in [-0.3, -0.25) is 9.89 Å². The molecule has 1 fully saturated rings. The molecule has 0 aliphatic carbocycles. The van der Waals surface area contributed by atoms with Crippen LogP contribution in [0.2, 0.25) is 5.02 Å². The number of hydrogen-bond acceptors (Lipinski definition) is 3. The number of aliphatic imine (C=N–C) groups is 1. The first-order valence-corrected chi connectivity index (χ1v) is 9.04. The van der Waals surface area contributed by atoms with Crippen molar-refractivity contribution in [3.8, 4) is 0 Å². The monoisotopic (exact) mass is 480 g/mol. The van der Waals surface area contributed by atoms with Crippen molar-refractivity contribution in [2.24, 2.45) is 4.99 Å². The summed E-state index contributed by atoms with van der Waals surface area (Å²) in [5.74, 6) is 0.914. The number of nitrogens with one attached hydrogen (secondary N) is 1. The van der Waals surface area contributed by atoms with Gasteiger partial charge in [-0.25, -0.2) is 0 Å². The van der Waals surface area contributed by atoms with Gasteiger partial charge < -0.3 is 15.0 Å². The number of nitrogens with zero attached hydrogens (tertiary/aromatic N) is 3. The number of benzene rings is 1. The van der Waals surface area contributed by atoms with Crippen LogP contribution in [-0.4, -0.2) is 68.2 Å². The maximum Gasteiger partial charge on any atom is 0.194 e. The van der Waals surface area contributed by atoms with Gasteiger partial charge in [0.05, 0.1) is 19.8 Å². The van der Waals surface area contributed by atoms with E-state index in [2.05, 4.69) is 35.0 Å². The summed E-state index contributed by atoms with van der Waals surface area (Å²) < 4.78 is 5.42. The van der Waals surface area contributed by atoms with Crippen molar-refractivity contribution in [2.75, 3.05) is 46.4 Å². The lowest BCUT2D eigenvalue weighted by atomic mass is 10.2. The molecule has 5 nitrogen and oxygen atoms in total. The fourth-order valence-electron chi connectivity index (χ4n) is 2.78. The topological polar surface area (TPSA) is 40.1 Å². The zero-order chi connectivity index (χ0) is 17.4. The van der Waals surface area contributed by atoms with Crippen LogP contribution in [-0.2, 0) is 11.3 Å². The minimum atomic E-state index is 0. The molecule has 0 aromatic heterocycles. The van der Waals surface area contributed by atoms with Gasteiger partial charge in [0, 0.05) is 44.3 Å². The number of halogens is 2. The van der Waals surface area contributed by atoms with Gasteiger partial charge >= 0.3 is 0 Å². The average Bonchev–Trinajstić information content (AvgIpc) is 2.61. The van der Waals surface area contributed by atoms with Crippen molar-refractivity contribution in [1.29, 1.82) is 0 Å². The lowest BCUT2D eigenvalue weighted by Crippen LogP contribution is -2.44. The first-order valence-electron chi connectivity index (χ1n) is 8.66. The van der Waals surface area contributed by atoms with Crippen LogP contribution in [0.5, 0.6) is 0 Å². The second kappa shape index (κ2) is 11.9. The molecule has 1 aliphatic rings. The highest BCUT2D eigenvalue weighted by atomic mass is 127. The van der Waals surface area contributed by atoms with E-state index < -0.39 is 0 Å². The quantitative estimate of drug-likeness (QED) is 0.386. The number of rotatable bonds is 6. The second-order valence-corrected chi connectivity index (χ2v) is 6.55. The third-order valence-electron chi connectivity index (χ3n) is 4.24. The van der Waals surface area contributed by atoms with Gasteiger partial charge in [0.2, 0.25) is 0 Å². The summed E-state index contributed by atoms with van der Waals surface area (Å²) >= 11 is 6.27. The van der Waals surface area contributed by atoms with Crippen molar-refractivity contribution < 1.29 is 4.74 Å². The minimum Gasteiger partial charge on any atom is -0.379 e. The summed E-state index contributed by atoms with van der Waals surface area (Å²) in [5.41, 5.74) is 1.11. The Balaban J connectivity index is 0.00000312. The summed E-state index contributed by atoms with van der Waals surface area (Å²) in [5, 5.41) is 4.16. The highest BCUT2D eigenvalue weighted by Crippen LogP contribution is 2.16. The Hall–Kier alpha value is -0.570. The molecule has 0 amide bonds. The van der Waals surface area contributed by atoms with E-state index in [9.17, 15) is 0 Å². The van der Waals surface area contributed by atoms with Gasteiger partial charge in [-0.15, -0.1) is 24.0 Å². The average molecular weight is 481 g/mol. The van der Waals surface area contributed by atoms with E-state index in [1.807, 2.05) is 25.2 Å². The molecule has 1 atom stereocenters. The molecular formula is C18H30ClIN4O. The van der Waals surface area contributed by atoms with Gasteiger partial charge in [0.1, 0.15) is 0 Å². The molecule has 1 heterocycles. The summed E-state index contributed by atoms with van der Waals surface area (Å²) in [6.45, 7) is 10.3. The molecule has 142 valence electrons. The van der Waals surface area contributed by atoms with Crippen LogP contribution in [0.4, 0.5) is 0 Å². The van der Waals surface area contributed by atoms with E-state index in [1.54, 1.807) is 0 Å². The van der Waals surface area contributed by atoms with Crippen LogP contribution in [0.15, 0.2) is 29.3 Å². The molecule has 1 aromatic carbocycles. The van der Waals surface area contributed by atoms with E-state index in [0.29, 0.717) is 6.04 Å². The molecule has 7 heteroatoms. The summed E-state index contributed by atoms with van der Waals surface area (Å²) in [7, 11) is 2.05. The largest absolute Gasteiger partial charge is 0.379 e. The number of guanidine groups is 1. The standard InChI is InChI=1S/C18H29ClN4O.HI/c1-4-20-18(21-13-15(2)23-9-11-24-12-10-23)22(3)14-16-7-5-6-8-17(16)19;/h5-8,15H,4,9-14H2,1-3H3,(H,20,21);1H. The maximum absolute atomic E-state index is 6.27. The highest BCUT2D eigenvalue weighted by Gasteiger charge is 2.17. The van der Waals surface area contributed by atoms with E-state index >= 15 is 0 Å². The first kappa shape index (κ1) is 22.5. The molecule has 0 saturated carbocycles. The van der Waals surface area contributed by atoms with Crippen molar-refractivity contribution in [3.05, 3.63) is 34.9 Å². The molecule has 1 aliphatic heterocycles. The van der Waals surface area contributed by atoms with Gasteiger partial charge in [-0.2, -0.15) is 0 Å². The third-order valence-corrected chi connectivity index (χ3v) is 4.60. The molecule has 25 heavy (non-hydrogen) atoms. The number of hydrogen-bond donors (Lipinski definition) is 1. The Labute approximate surface area is 173 Å². The number of morpholine rings is 1. The predicted octanol–water partition coefficient (Wildman–Crippen LogP) is 3.08. The Kier molecular flexibility index (Phi) is 10.7. The normalized spacial score (nSPS) is 16.9. The zero-order valence-electron chi connectivity index (χ0n) is 15.4. The van der Waals surface area contributed by atoms with Crippen molar-refractivity contribution in [2.45, 2.75) is 26.4 Å². The van der Waals surface area contributed by atoms with Crippen LogP contribution >= 0.6 is 35.6 Å². The summed E-state index contributed by atoms with van der Waals surface area (Å²) in [4.78, 5) is 9.38. The van der Waals surface area contributed by atoms with Gasteiger partial charge in [-0.1, -0.05) is 29.8 Å². The van der Waals surface area contributed by atoms with Gasteiger partial charge in [0.25, 0.3) is 0 Å². The molecule has 1 saturated heterocycles. The lowest BCUT2D eigenvalue weighted by molar-refractivity contribution is 0.0220. The number of ether oxygens (including phenoxy) is 1. The van der Waals surface area contributed by atoms with E-state index in [1.165, 1.54) is 0 Å². The maximum atomic E-state index is 6.27. The SMILES string of the molecule is CCNC(=NCC(C)N1CCOCC1)N(C)Cc1ccccc1Cl.I. The van der Waals surface area contributed by atoms with Crippen LogP contribution < -0.4 is 5.32 Å². The summed E-state index contributed by atoms with van der Waals surface area (Å²) in [6, 6.07) is 8.36. The van der Waals surface area contributed by atoms with Crippen LogP contribution in [0.3, 0.4) is 0 Å². The van der Waals surface area contributed by atoms with Gasteiger partial charge in [-0.05, 0) is 25.5 Å². The highest BCUT2D eigenvalue weighted by molar-refractivity contribution is 14.0. The molecule has 1 N–H and O–H groups in total.